The quantitative estimate of drug-likeness (QED) is 0.444. The first-order valence-electron chi connectivity index (χ1n) is 11.8. The number of halogens is 1. The van der Waals surface area contributed by atoms with Crippen molar-refractivity contribution in [1.82, 2.24) is 19.1 Å². The molecule has 1 fully saturated rings. The molecule has 0 radical (unpaired) electrons. The van der Waals surface area contributed by atoms with E-state index in [0.29, 0.717) is 18.1 Å². The number of fused-ring (bicyclic) bond motifs is 1. The summed E-state index contributed by atoms with van der Waals surface area (Å²) in [5.41, 5.74) is 0.543. The number of nitrogens with zero attached hydrogens (tertiary/aromatic N) is 4. The van der Waals surface area contributed by atoms with E-state index < -0.39 is 27.9 Å². The molecule has 192 valence electrons. The lowest BCUT2D eigenvalue weighted by Crippen LogP contribution is -2.43. The Balaban J connectivity index is 0.00000408. The minimum atomic E-state index is -3.77. The Kier molecular flexibility index (Phi) is 9.73. The molecular formula is C23H37ClN4O5S. The minimum absolute atomic E-state index is 0. The van der Waals surface area contributed by atoms with Gasteiger partial charge in [0.25, 0.3) is 5.91 Å². The third-order valence-corrected chi connectivity index (χ3v) is 7.35. The Hall–Kier alpha value is -1.91. The Morgan fingerprint density at radius 3 is 2.38 bits per heavy atom. The SMILES string of the molecule is CCCCN(CCCC)Cc1nc(C(=O)N2CC=C3[C@@H]2[C@H](C(C)C)C(=O)N3S(C)(=O)=O)co1.Cl. The van der Waals surface area contributed by atoms with Crippen LogP contribution in [0.2, 0.25) is 0 Å². The topological polar surface area (TPSA) is 104 Å². The van der Waals surface area contributed by atoms with E-state index in [2.05, 4.69) is 23.7 Å². The Bertz CT molecular complexity index is 999. The highest BCUT2D eigenvalue weighted by Gasteiger charge is 2.55. The highest BCUT2D eigenvalue weighted by Crippen LogP contribution is 2.41. The lowest BCUT2D eigenvalue weighted by molar-refractivity contribution is -0.128. The zero-order valence-corrected chi connectivity index (χ0v) is 22.3. The highest BCUT2D eigenvalue weighted by molar-refractivity contribution is 7.89. The van der Waals surface area contributed by atoms with Crippen LogP contribution in [0.3, 0.4) is 0 Å². The highest BCUT2D eigenvalue weighted by atomic mass is 35.5. The van der Waals surface area contributed by atoms with Gasteiger partial charge in [-0.15, -0.1) is 12.4 Å². The number of rotatable bonds is 11. The fourth-order valence-corrected chi connectivity index (χ4v) is 5.65. The first-order chi connectivity index (χ1) is 15.6. The first-order valence-corrected chi connectivity index (χ1v) is 13.7. The van der Waals surface area contributed by atoms with Crippen LogP contribution >= 0.6 is 12.4 Å². The summed E-state index contributed by atoms with van der Waals surface area (Å²) in [5.74, 6) is -1.11. The smallest absolute Gasteiger partial charge is 0.276 e. The van der Waals surface area contributed by atoms with Crippen molar-refractivity contribution < 1.29 is 22.4 Å². The largest absolute Gasteiger partial charge is 0.447 e. The van der Waals surface area contributed by atoms with Crippen LogP contribution in [0.15, 0.2) is 22.5 Å². The second-order valence-electron chi connectivity index (χ2n) is 9.28. The summed E-state index contributed by atoms with van der Waals surface area (Å²) in [7, 11) is -3.77. The molecule has 3 heterocycles. The number of unbranched alkanes of at least 4 members (excludes halogenated alkanes) is 2. The van der Waals surface area contributed by atoms with Gasteiger partial charge in [0.2, 0.25) is 21.8 Å². The molecule has 2 atom stereocenters. The molecule has 1 saturated heterocycles. The number of amides is 2. The monoisotopic (exact) mass is 516 g/mol. The van der Waals surface area contributed by atoms with E-state index in [1.54, 1.807) is 6.08 Å². The van der Waals surface area contributed by atoms with Crippen molar-refractivity contribution in [2.24, 2.45) is 11.8 Å². The van der Waals surface area contributed by atoms with Gasteiger partial charge in [0.15, 0.2) is 5.69 Å². The maximum Gasteiger partial charge on any atom is 0.276 e. The van der Waals surface area contributed by atoms with E-state index in [1.165, 1.54) is 11.2 Å². The molecule has 0 aliphatic carbocycles. The van der Waals surface area contributed by atoms with Crippen LogP contribution in [0, 0.1) is 11.8 Å². The predicted molar refractivity (Wildman–Crippen MR) is 132 cm³/mol. The van der Waals surface area contributed by atoms with Gasteiger partial charge in [-0.05, 0) is 37.9 Å². The van der Waals surface area contributed by atoms with Crippen molar-refractivity contribution in [3.63, 3.8) is 0 Å². The fraction of sp³-hybridized carbons (Fsp3) is 0.696. The maximum atomic E-state index is 13.3. The van der Waals surface area contributed by atoms with Gasteiger partial charge in [-0.25, -0.2) is 17.7 Å². The summed E-state index contributed by atoms with van der Waals surface area (Å²) in [6.07, 6.45) is 8.41. The molecule has 0 aromatic carbocycles. The molecule has 9 nitrogen and oxygen atoms in total. The van der Waals surface area contributed by atoms with Crippen LogP contribution in [0.25, 0.3) is 0 Å². The fourth-order valence-electron chi connectivity index (χ4n) is 4.63. The van der Waals surface area contributed by atoms with Gasteiger partial charge >= 0.3 is 0 Å². The molecule has 2 aliphatic rings. The van der Waals surface area contributed by atoms with Crippen LogP contribution < -0.4 is 0 Å². The number of oxazole rings is 1. The summed E-state index contributed by atoms with van der Waals surface area (Å²) < 4.78 is 31.1. The minimum Gasteiger partial charge on any atom is -0.447 e. The normalized spacial score (nSPS) is 20.2. The van der Waals surface area contributed by atoms with E-state index in [4.69, 9.17) is 4.42 Å². The molecule has 0 saturated carbocycles. The summed E-state index contributed by atoms with van der Waals surface area (Å²) in [4.78, 5) is 34.5. The van der Waals surface area contributed by atoms with Crippen LogP contribution in [0.1, 0.15) is 69.8 Å². The molecule has 2 amide bonds. The van der Waals surface area contributed by atoms with Crippen molar-refractivity contribution >= 4 is 34.2 Å². The third-order valence-electron chi connectivity index (χ3n) is 6.29. The molecular weight excluding hydrogens is 480 g/mol. The van der Waals surface area contributed by atoms with Crippen molar-refractivity contribution in [1.29, 1.82) is 0 Å². The Morgan fingerprint density at radius 1 is 1.24 bits per heavy atom. The van der Waals surface area contributed by atoms with Gasteiger partial charge in [0.1, 0.15) is 6.26 Å². The summed E-state index contributed by atoms with van der Waals surface area (Å²) in [6.45, 7) is 10.7. The molecule has 0 N–H and O–H groups in total. The number of carbonyl (C=O) groups excluding carboxylic acids is 2. The van der Waals surface area contributed by atoms with Crippen molar-refractivity contribution in [3.05, 3.63) is 29.6 Å². The van der Waals surface area contributed by atoms with Gasteiger partial charge in [0, 0.05) is 6.54 Å². The van der Waals surface area contributed by atoms with E-state index >= 15 is 0 Å². The molecule has 34 heavy (non-hydrogen) atoms. The molecule has 3 rings (SSSR count). The molecule has 11 heteroatoms. The number of aromatic nitrogens is 1. The molecule has 0 bridgehead atoms. The number of carbonyl (C=O) groups is 2. The van der Waals surface area contributed by atoms with Crippen molar-refractivity contribution in [3.8, 4) is 0 Å². The number of hydrogen-bond donors (Lipinski definition) is 0. The maximum absolute atomic E-state index is 13.3. The second-order valence-corrected chi connectivity index (χ2v) is 11.1. The van der Waals surface area contributed by atoms with Gasteiger partial charge in [-0.2, -0.15) is 0 Å². The second kappa shape index (κ2) is 11.7. The van der Waals surface area contributed by atoms with Gasteiger partial charge in [0.05, 0.1) is 30.5 Å². The number of sulfonamides is 1. The van der Waals surface area contributed by atoms with E-state index in [1.807, 2.05) is 13.8 Å². The van der Waals surface area contributed by atoms with Gasteiger partial charge < -0.3 is 9.32 Å². The predicted octanol–water partition coefficient (Wildman–Crippen LogP) is 3.28. The van der Waals surface area contributed by atoms with E-state index in [0.717, 1.165) is 49.3 Å². The summed E-state index contributed by atoms with van der Waals surface area (Å²) >= 11 is 0. The molecule has 1 aromatic rings. The van der Waals surface area contributed by atoms with Crippen molar-refractivity contribution in [2.75, 3.05) is 25.9 Å². The molecule has 0 spiro atoms. The van der Waals surface area contributed by atoms with Gasteiger partial charge in [-0.3, -0.25) is 14.5 Å². The first kappa shape index (κ1) is 28.3. The van der Waals surface area contributed by atoms with Crippen LogP contribution in [0.4, 0.5) is 0 Å². The van der Waals surface area contributed by atoms with Gasteiger partial charge in [-0.1, -0.05) is 40.5 Å². The van der Waals surface area contributed by atoms with Crippen LogP contribution in [-0.2, 0) is 21.4 Å². The Morgan fingerprint density at radius 2 is 1.85 bits per heavy atom. The van der Waals surface area contributed by atoms with Crippen LogP contribution in [0.5, 0.6) is 0 Å². The average molecular weight is 517 g/mol. The zero-order valence-electron chi connectivity index (χ0n) is 20.7. The zero-order chi connectivity index (χ0) is 24.3. The summed E-state index contributed by atoms with van der Waals surface area (Å²) in [6, 6.07) is -0.620. The molecule has 0 unspecified atom stereocenters. The van der Waals surface area contributed by atoms with E-state index in [-0.39, 0.29) is 36.5 Å². The standard InChI is InChI=1S/C23H36N4O5S.ClH/c1-6-8-11-25(12-9-7-2)14-19-24-17(15-32-19)22(28)26-13-10-18-21(26)20(16(3)4)23(29)27(18)33(5,30)31;/h10,15-16,20-21H,6-9,11-14H2,1-5H3;1H/t20-,21+;/m0./s1. The molecule has 1 aromatic heterocycles. The summed E-state index contributed by atoms with van der Waals surface area (Å²) in [5, 5.41) is 0. The van der Waals surface area contributed by atoms with E-state index in [9.17, 15) is 18.0 Å². The Labute approximate surface area is 209 Å². The lowest BCUT2D eigenvalue weighted by Gasteiger charge is -2.28. The third kappa shape index (κ3) is 5.83. The molecule has 2 aliphatic heterocycles. The number of hydrogen-bond acceptors (Lipinski definition) is 7. The lowest BCUT2D eigenvalue weighted by atomic mass is 9.89. The van der Waals surface area contributed by atoms with Crippen LogP contribution in [-0.4, -0.2) is 71.3 Å². The average Bonchev–Trinajstić information content (AvgIpc) is 3.42. The van der Waals surface area contributed by atoms with Crippen molar-refractivity contribution in [2.45, 2.75) is 66.0 Å².